The van der Waals surface area contributed by atoms with Crippen LogP contribution in [0.1, 0.15) is 25.3 Å². The molecule has 4 heteroatoms. The summed E-state index contributed by atoms with van der Waals surface area (Å²) in [6.45, 7) is 4.51. The number of aliphatic hydroxyl groups excluding tert-OH is 1. The van der Waals surface area contributed by atoms with Gasteiger partial charge in [0.2, 0.25) is 5.91 Å². The van der Waals surface area contributed by atoms with Gasteiger partial charge in [-0.15, -0.1) is 0 Å². The molecule has 98 valence electrons. The summed E-state index contributed by atoms with van der Waals surface area (Å²) >= 11 is 0. The Morgan fingerprint density at radius 2 is 2.22 bits per heavy atom. The van der Waals surface area contributed by atoms with Gasteiger partial charge in [0.1, 0.15) is 18.3 Å². The Balaban J connectivity index is 1.95. The lowest BCUT2D eigenvalue weighted by atomic mass is 10.00. The van der Waals surface area contributed by atoms with Crippen LogP contribution >= 0.6 is 0 Å². The van der Waals surface area contributed by atoms with Crippen molar-refractivity contribution in [2.45, 2.75) is 25.9 Å². The van der Waals surface area contributed by atoms with E-state index in [2.05, 4.69) is 5.32 Å². The van der Waals surface area contributed by atoms with Crippen LogP contribution in [0.2, 0.25) is 0 Å². The van der Waals surface area contributed by atoms with Gasteiger partial charge in [-0.2, -0.15) is 0 Å². The van der Waals surface area contributed by atoms with Crippen LogP contribution in [0.5, 0.6) is 5.75 Å². The summed E-state index contributed by atoms with van der Waals surface area (Å²) in [6.07, 6.45) is -0.508. The van der Waals surface area contributed by atoms with Crippen molar-refractivity contribution in [3.63, 3.8) is 0 Å². The highest BCUT2D eigenvalue weighted by Crippen LogP contribution is 2.33. The number of hydrogen-bond donors (Lipinski definition) is 2. The van der Waals surface area contributed by atoms with Crippen LogP contribution < -0.4 is 10.1 Å². The molecule has 0 aliphatic carbocycles. The molecule has 0 radical (unpaired) electrons. The first kappa shape index (κ1) is 12.9. The number of aliphatic hydroxyl groups is 1. The molecule has 1 aromatic rings. The van der Waals surface area contributed by atoms with Crippen LogP contribution in [0, 0.1) is 5.92 Å². The third-order valence-electron chi connectivity index (χ3n) is 3.27. The zero-order chi connectivity index (χ0) is 13.1. The van der Waals surface area contributed by atoms with E-state index in [9.17, 15) is 9.90 Å². The largest absolute Gasteiger partial charge is 0.492 e. The van der Waals surface area contributed by atoms with Crippen molar-refractivity contribution in [2.75, 3.05) is 13.2 Å². The quantitative estimate of drug-likeness (QED) is 0.845. The van der Waals surface area contributed by atoms with Gasteiger partial charge in [0.25, 0.3) is 0 Å². The topological polar surface area (TPSA) is 58.6 Å². The molecule has 0 spiro atoms. The molecule has 1 aromatic carbocycles. The molecule has 1 heterocycles. The molecular formula is C14H19NO3. The van der Waals surface area contributed by atoms with Crippen molar-refractivity contribution >= 4 is 5.91 Å². The molecule has 2 atom stereocenters. The SMILES string of the molecule is CC(C)C(O)CNC(=O)C1COc2ccccc21. The minimum Gasteiger partial charge on any atom is -0.492 e. The van der Waals surface area contributed by atoms with Gasteiger partial charge in [0.15, 0.2) is 0 Å². The molecule has 0 saturated heterocycles. The van der Waals surface area contributed by atoms with Crippen molar-refractivity contribution in [3.05, 3.63) is 29.8 Å². The fourth-order valence-corrected chi connectivity index (χ4v) is 1.94. The lowest BCUT2D eigenvalue weighted by Crippen LogP contribution is -2.37. The summed E-state index contributed by atoms with van der Waals surface area (Å²) in [5.74, 6) is 0.569. The van der Waals surface area contributed by atoms with E-state index in [4.69, 9.17) is 4.74 Å². The summed E-state index contributed by atoms with van der Waals surface area (Å²) in [5, 5.41) is 12.4. The average molecular weight is 249 g/mol. The van der Waals surface area contributed by atoms with Crippen LogP contribution in [0.25, 0.3) is 0 Å². The lowest BCUT2D eigenvalue weighted by Gasteiger charge is -2.16. The second kappa shape index (κ2) is 5.40. The Hall–Kier alpha value is -1.55. The number of carbonyl (C=O) groups excluding carboxylic acids is 1. The predicted octanol–water partition coefficient (Wildman–Crippen LogP) is 1.30. The van der Waals surface area contributed by atoms with Gasteiger partial charge in [-0.25, -0.2) is 0 Å². The van der Waals surface area contributed by atoms with E-state index in [1.165, 1.54) is 0 Å². The Morgan fingerprint density at radius 3 is 2.94 bits per heavy atom. The normalized spacial score (nSPS) is 19.2. The third-order valence-corrected chi connectivity index (χ3v) is 3.27. The zero-order valence-corrected chi connectivity index (χ0v) is 10.7. The summed E-state index contributed by atoms with van der Waals surface area (Å²) < 4.78 is 5.46. The maximum Gasteiger partial charge on any atom is 0.231 e. The van der Waals surface area contributed by atoms with Crippen LogP contribution in [0.3, 0.4) is 0 Å². The number of rotatable bonds is 4. The molecule has 1 aliphatic rings. The Kier molecular flexibility index (Phi) is 3.87. The van der Waals surface area contributed by atoms with Crippen molar-refractivity contribution < 1.29 is 14.6 Å². The fourth-order valence-electron chi connectivity index (χ4n) is 1.94. The number of carbonyl (C=O) groups is 1. The summed E-state index contributed by atoms with van der Waals surface area (Å²) in [5.41, 5.74) is 0.925. The average Bonchev–Trinajstić information content (AvgIpc) is 2.79. The van der Waals surface area contributed by atoms with Crippen molar-refractivity contribution in [3.8, 4) is 5.75 Å². The molecular weight excluding hydrogens is 230 g/mol. The molecule has 2 unspecified atom stereocenters. The number of ether oxygens (including phenoxy) is 1. The first-order valence-electron chi connectivity index (χ1n) is 6.27. The zero-order valence-electron chi connectivity index (χ0n) is 10.7. The third kappa shape index (κ3) is 2.64. The van der Waals surface area contributed by atoms with E-state index >= 15 is 0 Å². The molecule has 0 saturated carbocycles. The monoisotopic (exact) mass is 249 g/mol. The van der Waals surface area contributed by atoms with E-state index in [1.807, 2.05) is 38.1 Å². The van der Waals surface area contributed by atoms with Crippen LogP contribution in [0.15, 0.2) is 24.3 Å². The van der Waals surface area contributed by atoms with Crippen LogP contribution in [0.4, 0.5) is 0 Å². The first-order chi connectivity index (χ1) is 8.59. The molecule has 0 bridgehead atoms. The molecule has 18 heavy (non-hydrogen) atoms. The molecule has 0 fully saturated rings. The number of benzene rings is 1. The minimum atomic E-state index is -0.508. The molecule has 1 aliphatic heterocycles. The van der Waals surface area contributed by atoms with E-state index in [-0.39, 0.29) is 24.3 Å². The first-order valence-corrected chi connectivity index (χ1v) is 6.27. The van der Waals surface area contributed by atoms with E-state index < -0.39 is 6.10 Å². The van der Waals surface area contributed by atoms with Gasteiger partial charge in [0, 0.05) is 12.1 Å². The van der Waals surface area contributed by atoms with Gasteiger partial charge in [-0.1, -0.05) is 32.0 Å². The molecule has 2 N–H and O–H groups in total. The Labute approximate surface area is 107 Å². The van der Waals surface area contributed by atoms with Crippen molar-refractivity contribution in [1.82, 2.24) is 5.32 Å². The number of para-hydroxylation sites is 1. The molecule has 4 nitrogen and oxygen atoms in total. The van der Waals surface area contributed by atoms with Gasteiger partial charge < -0.3 is 15.2 Å². The van der Waals surface area contributed by atoms with Gasteiger partial charge in [-0.3, -0.25) is 4.79 Å². The number of hydrogen-bond acceptors (Lipinski definition) is 3. The van der Waals surface area contributed by atoms with Crippen LogP contribution in [-0.4, -0.2) is 30.3 Å². The van der Waals surface area contributed by atoms with Crippen LogP contribution in [-0.2, 0) is 4.79 Å². The summed E-state index contributed by atoms with van der Waals surface area (Å²) in [7, 11) is 0. The van der Waals surface area contributed by atoms with Crippen molar-refractivity contribution in [1.29, 1.82) is 0 Å². The highest BCUT2D eigenvalue weighted by molar-refractivity contribution is 5.85. The predicted molar refractivity (Wildman–Crippen MR) is 68.5 cm³/mol. The molecule has 1 amide bonds. The Bertz CT molecular complexity index is 431. The van der Waals surface area contributed by atoms with Gasteiger partial charge in [-0.05, 0) is 12.0 Å². The number of fused-ring (bicyclic) bond motifs is 1. The van der Waals surface area contributed by atoms with E-state index in [0.717, 1.165) is 11.3 Å². The minimum absolute atomic E-state index is 0.0837. The van der Waals surface area contributed by atoms with E-state index in [1.54, 1.807) is 0 Å². The second-order valence-corrected chi connectivity index (χ2v) is 4.96. The highest BCUT2D eigenvalue weighted by atomic mass is 16.5. The second-order valence-electron chi connectivity index (χ2n) is 4.96. The van der Waals surface area contributed by atoms with Gasteiger partial charge >= 0.3 is 0 Å². The lowest BCUT2D eigenvalue weighted by molar-refractivity contribution is -0.123. The Morgan fingerprint density at radius 1 is 1.50 bits per heavy atom. The van der Waals surface area contributed by atoms with Gasteiger partial charge in [0.05, 0.1) is 6.10 Å². The standard InChI is InChI=1S/C14H19NO3/c1-9(2)12(16)7-15-14(17)11-8-18-13-6-4-3-5-10(11)13/h3-6,9,11-12,16H,7-8H2,1-2H3,(H,15,17). The summed E-state index contributed by atoms with van der Waals surface area (Å²) in [6, 6.07) is 7.56. The van der Waals surface area contributed by atoms with Crippen molar-refractivity contribution in [2.24, 2.45) is 5.92 Å². The number of nitrogens with one attached hydrogen (secondary N) is 1. The van der Waals surface area contributed by atoms with E-state index in [0.29, 0.717) is 6.61 Å². The number of amides is 1. The highest BCUT2D eigenvalue weighted by Gasteiger charge is 2.30. The smallest absolute Gasteiger partial charge is 0.231 e. The fraction of sp³-hybridized carbons (Fsp3) is 0.500. The maximum atomic E-state index is 12.0. The summed E-state index contributed by atoms with van der Waals surface area (Å²) in [4.78, 5) is 12.0. The molecule has 2 rings (SSSR count). The maximum absolute atomic E-state index is 12.0. The molecule has 0 aromatic heterocycles.